The van der Waals surface area contributed by atoms with Gasteiger partial charge in [0.1, 0.15) is 13.2 Å². The molecule has 0 atom stereocenters. The number of nitrogens with zero attached hydrogens (tertiary/aromatic N) is 3. The first-order valence-corrected chi connectivity index (χ1v) is 5.17. The molecule has 0 aliphatic heterocycles. The Balaban J connectivity index is 3.14. The molecule has 100 valence electrons. The summed E-state index contributed by atoms with van der Waals surface area (Å²) in [6, 6.07) is 2.51. The largest absolute Gasteiger partial charge is 0.417 e. The molecule has 1 heterocycles. The minimum Gasteiger partial charge on any atom is -0.399 e. The van der Waals surface area contributed by atoms with Crippen LogP contribution >= 0.6 is 11.6 Å². The van der Waals surface area contributed by atoms with Crippen molar-refractivity contribution < 1.29 is 18.0 Å². The summed E-state index contributed by atoms with van der Waals surface area (Å²) in [4.78, 5) is 7.94. The Hall–Kier alpha value is -2.07. The highest BCUT2D eigenvalue weighted by atomic mass is 35.5. The molecule has 8 heteroatoms. The second-order valence-electron chi connectivity index (χ2n) is 3.22. The zero-order chi connectivity index (χ0) is 14.5. The predicted octanol–water partition coefficient (Wildman–Crippen LogP) is 3.29. The van der Waals surface area contributed by atoms with Crippen molar-refractivity contribution in [3.63, 3.8) is 0 Å². The molecular weight excluding hydrogens is 283 g/mol. The number of nitriles is 1. The van der Waals surface area contributed by atoms with Gasteiger partial charge in [0.15, 0.2) is 0 Å². The maximum Gasteiger partial charge on any atom is 0.417 e. The number of allylic oxidation sites excluding steroid dienone is 1. The lowest BCUT2D eigenvalue weighted by Gasteiger charge is -2.07. The van der Waals surface area contributed by atoms with Crippen LogP contribution in [0.2, 0.25) is 5.02 Å². The lowest BCUT2D eigenvalue weighted by molar-refractivity contribution is -0.137. The van der Waals surface area contributed by atoms with Crippen molar-refractivity contribution in [2.24, 2.45) is 5.16 Å². The van der Waals surface area contributed by atoms with Gasteiger partial charge in [-0.3, -0.25) is 4.98 Å². The van der Waals surface area contributed by atoms with E-state index in [-0.39, 0.29) is 16.3 Å². The molecule has 1 aromatic rings. The van der Waals surface area contributed by atoms with Gasteiger partial charge in [0.25, 0.3) is 0 Å². The molecule has 0 aliphatic rings. The average Bonchev–Trinajstić information content (AvgIpc) is 2.35. The normalized spacial score (nSPS) is 12.5. The van der Waals surface area contributed by atoms with Crippen LogP contribution in [0.1, 0.15) is 11.3 Å². The van der Waals surface area contributed by atoms with Crippen LogP contribution in [0.25, 0.3) is 6.08 Å². The van der Waals surface area contributed by atoms with E-state index >= 15 is 0 Å². The van der Waals surface area contributed by atoms with E-state index in [0.717, 1.165) is 12.3 Å². The Morgan fingerprint density at radius 3 is 2.74 bits per heavy atom. The number of aromatic nitrogens is 1. The van der Waals surface area contributed by atoms with E-state index in [4.69, 9.17) is 16.9 Å². The van der Waals surface area contributed by atoms with Gasteiger partial charge >= 0.3 is 6.18 Å². The first kappa shape index (κ1) is 15.0. The Morgan fingerprint density at radius 1 is 1.58 bits per heavy atom. The molecule has 0 bridgehead atoms. The van der Waals surface area contributed by atoms with Crippen LogP contribution in [0.3, 0.4) is 0 Å². The first-order valence-electron chi connectivity index (χ1n) is 4.79. The minimum absolute atomic E-state index is 0.0359. The quantitative estimate of drug-likeness (QED) is 0.487. The fraction of sp³-hybridized carbons (Fsp3) is 0.182. The average molecular weight is 290 g/mol. The van der Waals surface area contributed by atoms with E-state index < -0.39 is 11.7 Å². The van der Waals surface area contributed by atoms with Gasteiger partial charge in [0.2, 0.25) is 0 Å². The molecular formula is C11H7ClF3N3O. The van der Waals surface area contributed by atoms with Gasteiger partial charge in [0.05, 0.1) is 28.1 Å². The second kappa shape index (κ2) is 6.20. The number of alkyl halides is 3. The maximum atomic E-state index is 12.4. The molecule has 0 unspecified atom stereocenters. The van der Waals surface area contributed by atoms with E-state index in [2.05, 4.69) is 15.0 Å². The topological polar surface area (TPSA) is 58.3 Å². The zero-order valence-electron chi connectivity index (χ0n) is 9.57. The molecule has 0 fully saturated rings. The molecule has 1 aromatic heterocycles. The van der Waals surface area contributed by atoms with E-state index in [1.54, 1.807) is 6.07 Å². The molecule has 0 amide bonds. The molecule has 19 heavy (non-hydrogen) atoms. The molecule has 0 saturated heterocycles. The van der Waals surface area contributed by atoms with Crippen molar-refractivity contribution in [2.75, 3.05) is 7.11 Å². The highest BCUT2D eigenvalue weighted by molar-refractivity contribution is 6.32. The minimum atomic E-state index is -4.52. The van der Waals surface area contributed by atoms with Crippen LogP contribution < -0.4 is 0 Å². The Bertz CT molecular complexity index is 561. The molecule has 4 nitrogen and oxygen atoms in total. The summed E-state index contributed by atoms with van der Waals surface area (Å²) in [6.07, 6.45) is -1.59. The lowest BCUT2D eigenvalue weighted by Crippen LogP contribution is -2.05. The molecule has 0 saturated carbocycles. The third-order valence-electron chi connectivity index (χ3n) is 1.92. The van der Waals surface area contributed by atoms with Crippen LogP contribution in [-0.2, 0) is 11.0 Å². The fourth-order valence-corrected chi connectivity index (χ4v) is 1.29. The molecule has 0 radical (unpaired) electrons. The number of oxime groups is 1. The molecule has 0 aliphatic carbocycles. The third kappa shape index (κ3) is 4.26. The van der Waals surface area contributed by atoms with Gasteiger partial charge in [0, 0.05) is 6.20 Å². The number of halogens is 4. The summed E-state index contributed by atoms with van der Waals surface area (Å²) in [5.41, 5.74) is -0.886. The molecule has 0 N–H and O–H groups in total. The Labute approximate surface area is 111 Å². The van der Waals surface area contributed by atoms with Crippen molar-refractivity contribution in [3.05, 3.63) is 34.1 Å². The van der Waals surface area contributed by atoms with E-state index in [1.165, 1.54) is 13.2 Å². The smallest absolute Gasteiger partial charge is 0.399 e. The molecule has 0 spiro atoms. The van der Waals surface area contributed by atoms with Crippen molar-refractivity contribution >= 4 is 23.9 Å². The van der Waals surface area contributed by atoms with E-state index in [1.807, 2.05) is 0 Å². The van der Waals surface area contributed by atoms with Gasteiger partial charge in [-0.25, -0.2) is 0 Å². The SMILES string of the molecule is CO/N=C\C(C#N)=C/c1ncc(C(F)(F)F)cc1Cl. The van der Waals surface area contributed by atoms with Gasteiger partial charge in [-0.2, -0.15) is 18.4 Å². The van der Waals surface area contributed by atoms with Crippen molar-refractivity contribution in [3.8, 4) is 6.07 Å². The first-order chi connectivity index (χ1) is 8.88. The van der Waals surface area contributed by atoms with Crippen LogP contribution in [0.15, 0.2) is 23.0 Å². The summed E-state index contributed by atoms with van der Waals surface area (Å²) in [7, 11) is 1.29. The van der Waals surface area contributed by atoms with Gasteiger partial charge < -0.3 is 4.84 Å². The summed E-state index contributed by atoms with van der Waals surface area (Å²) < 4.78 is 37.2. The van der Waals surface area contributed by atoms with Crippen LogP contribution in [0.5, 0.6) is 0 Å². The van der Waals surface area contributed by atoms with Crippen LogP contribution in [0, 0.1) is 11.3 Å². The zero-order valence-corrected chi connectivity index (χ0v) is 10.3. The number of pyridine rings is 1. The third-order valence-corrected chi connectivity index (χ3v) is 2.22. The van der Waals surface area contributed by atoms with Gasteiger partial charge in [-0.1, -0.05) is 16.8 Å². The summed E-state index contributed by atoms with van der Waals surface area (Å²) in [6.45, 7) is 0. The lowest BCUT2D eigenvalue weighted by atomic mass is 10.2. The van der Waals surface area contributed by atoms with Crippen LogP contribution in [0.4, 0.5) is 13.2 Å². The Morgan fingerprint density at radius 2 is 2.26 bits per heavy atom. The molecule has 1 rings (SSSR count). The van der Waals surface area contributed by atoms with Crippen molar-refractivity contribution in [1.82, 2.24) is 4.98 Å². The monoisotopic (exact) mass is 289 g/mol. The second-order valence-corrected chi connectivity index (χ2v) is 3.62. The standard InChI is InChI=1S/C11H7ClF3N3O/c1-19-18-5-7(4-16)2-10-9(12)3-8(6-17-10)11(13,14)15/h2-3,5-6H,1H3/b7-2-,18-5-. The predicted molar refractivity (Wildman–Crippen MR) is 63.3 cm³/mol. The fourth-order valence-electron chi connectivity index (χ4n) is 1.06. The summed E-state index contributed by atoms with van der Waals surface area (Å²) in [5, 5.41) is 11.9. The van der Waals surface area contributed by atoms with E-state index in [9.17, 15) is 13.2 Å². The number of rotatable bonds is 3. The van der Waals surface area contributed by atoms with E-state index in [0.29, 0.717) is 6.20 Å². The van der Waals surface area contributed by atoms with Crippen LogP contribution in [-0.4, -0.2) is 18.3 Å². The highest BCUT2D eigenvalue weighted by Crippen LogP contribution is 2.31. The summed E-state index contributed by atoms with van der Waals surface area (Å²) >= 11 is 5.68. The Kier molecular flexibility index (Phi) is 4.89. The van der Waals surface area contributed by atoms with Crippen molar-refractivity contribution in [1.29, 1.82) is 5.26 Å². The molecule has 0 aromatic carbocycles. The highest BCUT2D eigenvalue weighted by Gasteiger charge is 2.31. The maximum absolute atomic E-state index is 12.4. The number of hydrogen-bond acceptors (Lipinski definition) is 4. The summed E-state index contributed by atoms with van der Waals surface area (Å²) in [5.74, 6) is 0. The van der Waals surface area contributed by atoms with Gasteiger partial charge in [-0.05, 0) is 12.1 Å². The van der Waals surface area contributed by atoms with Gasteiger partial charge in [-0.15, -0.1) is 0 Å². The number of hydrogen-bond donors (Lipinski definition) is 0. The van der Waals surface area contributed by atoms with Crippen molar-refractivity contribution in [2.45, 2.75) is 6.18 Å².